The van der Waals surface area contributed by atoms with Crippen LogP contribution >= 0.6 is 0 Å². The molecule has 1 aliphatic heterocycles. The van der Waals surface area contributed by atoms with Crippen molar-refractivity contribution in [1.29, 1.82) is 0 Å². The number of nitrogens with zero attached hydrogens (tertiary/aromatic N) is 2. The number of aliphatic hydroxyl groups is 1. The third-order valence-corrected chi connectivity index (χ3v) is 4.04. The SMILES string of the molecule is O=S1(=O)NC(O)=CN1c1ccc(-c2ccn[nH]2)cc1O. The smallest absolute Gasteiger partial charge is 0.330 e. The number of anilines is 1. The molecule has 0 saturated heterocycles. The zero-order chi connectivity index (χ0) is 14.3. The van der Waals surface area contributed by atoms with Crippen LogP contribution in [0, 0.1) is 0 Å². The van der Waals surface area contributed by atoms with Crippen molar-refractivity contribution in [3.05, 3.63) is 42.5 Å². The lowest BCUT2D eigenvalue weighted by atomic mass is 10.1. The lowest BCUT2D eigenvalue weighted by molar-refractivity contribution is 0.392. The van der Waals surface area contributed by atoms with Gasteiger partial charge in [0.25, 0.3) is 0 Å². The monoisotopic (exact) mass is 294 g/mol. The highest BCUT2D eigenvalue weighted by Gasteiger charge is 2.30. The summed E-state index contributed by atoms with van der Waals surface area (Å²) < 4.78 is 26.1. The van der Waals surface area contributed by atoms with Crippen LogP contribution in [-0.4, -0.2) is 28.8 Å². The van der Waals surface area contributed by atoms with E-state index in [9.17, 15) is 18.6 Å². The van der Waals surface area contributed by atoms with E-state index in [1.165, 1.54) is 12.1 Å². The molecule has 9 heteroatoms. The Morgan fingerprint density at radius 3 is 2.55 bits per heavy atom. The predicted molar refractivity (Wildman–Crippen MR) is 70.9 cm³/mol. The van der Waals surface area contributed by atoms with Crippen molar-refractivity contribution in [3.63, 3.8) is 0 Å². The fourth-order valence-corrected chi connectivity index (χ4v) is 2.95. The number of aromatic nitrogens is 2. The normalized spacial score (nSPS) is 16.8. The summed E-state index contributed by atoms with van der Waals surface area (Å²) in [5.41, 5.74) is 1.37. The van der Waals surface area contributed by atoms with Gasteiger partial charge in [-0.25, -0.2) is 9.03 Å². The highest BCUT2D eigenvalue weighted by molar-refractivity contribution is 7.91. The van der Waals surface area contributed by atoms with Gasteiger partial charge >= 0.3 is 10.2 Å². The van der Waals surface area contributed by atoms with Crippen LogP contribution in [0.25, 0.3) is 11.3 Å². The minimum absolute atomic E-state index is 0.0322. The van der Waals surface area contributed by atoms with Crippen molar-refractivity contribution in [2.75, 3.05) is 4.31 Å². The van der Waals surface area contributed by atoms with E-state index < -0.39 is 16.1 Å². The number of H-pyrrole nitrogens is 1. The molecule has 0 radical (unpaired) electrons. The fraction of sp³-hybridized carbons (Fsp3) is 0. The second-order valence-corrected chi connectivity index (χ2v) is 5.64. The quantitative estimate of drug-likeness (QED) is 0.653. The number of nitrogens with one attached hydrogen (secondary N) is 2. The molecule has 20 heavy (non-hydrogen) atoms. The van der Waals surface area contributed by atoms with E-state index in [0.717, 1.165) is 10.5 Å². The summed E-state index contributed by atoms with van der Waals surface area (Å²) in [6, 6.07) is 6.18. The minimum Gasteiger partial charge on any atom is -0.506 e. The Labute approximate surface area is 114 Å². The topological polar surface area (TPSA) is 119 Å². The number of hydrogen-bond donors (Lipinski definition) is 4. The second kappa shape index (κ2) is 4.17. The van der Waals surface area contributed by atoms with Crippen molar-refractivity contribution in [2.24, 2.45) is 0 Å². The Bertz CT molecular complexity index is 783. The molecule has 0 atom stereocenters. The molecule has 104 valence electrons. The Morgan fingerprint density at radius 1 is 1.20 bits per heavy atom. The molecule has 0 fully saturated rings. The first-order valence-corrected chi connectivity index (χ1v) is 6.97. The molecule has 3 rings (SSSR count). The molecule has 8 nitrogen and oxygen atoms in total. The van der Waals surface area contributed by atoms with Gasteiger partial charge in [0, 0.05) is 11.8 Å². The molecule has 1 aromatic heterocycles. The maximum atomic E-state index is 11.7. The van der Waals surface area contributed by atoms with Crippen molar-refractivity contribution in [2.45, 2.75) is 0 Å². The van der Waals surface area contributed by atoms with Gasteiger partial charge in [-0.2, -0.15) is 13.5 Å². The van der Waals surface area contributed by atoms with Crippen LogP contribution in [0.4, 0.5) is 5.69 Å². The lowest BCUT2D eigenvalue weighted by Gasteiger charge is -2.15. The van der Waals surface area contributed by atoms with Gasteiger partial charge in [-0.15, -0.1) is 0 Å². The Balaban J connectivity index is 2.05. The molecule has 0 amide bonds. The van der Waals surface area contributed by atoms with Gasteiger partial charge in [-0.05, 0) is 18.2 Å². The van der Waals surface area contributed by atoms with E-state index in [4.69, 9.17) is 0 Å². The summed E-state index contributed by atoms with van der Waals surface area (Å²) in [6.45, 7) is 0. The lowest BCUT2D eigenvalue weighted by Crippen LogP contribution is -2.29. The van der Waals surface area contributed by atoms with Crippen LogP contribution in [0.3, 0.4) is 0 Å². The molecule has 0 aliphatic carbocycles. The zero-order valence-corrected chi connectivity index (χ0v) is 10.8. The van der Waals surface area contributed by atoms with Gasteiger partial charge in [0.05, 0.1) is 11.9 Å². The van der Waals surface area contributed by atoms with Crippen molar-refractivity contribution in [1.82, 2.24) is 14.9 Å². The molecule has 0 saturated carbocycles. The van der Waals surface area contributed by atoms with E-state index in [1.807, 2.05) is 4.72 Å². The van der Waals surface area contributed by atoms with E-state index in [-0.39, 0.29) is 11.4 Å². The van der Waals surface area contributed by atoms with Crippen LogP contribution in [0.5, 0.6) is 5.75 Å². The number of phenols is 1. The van der Waals surface area contributed by atoms with Gasteiger partial charge in [0.2, 0.25) is 5.88 Å². The Kier molecular flexibility index (Phi) is 2.57. The summed E-state index contributed by atoms with van der Waals surface area (Å²) in [5, 5.41) is 25.7. The fourth-order valence-electron chi connectivity index (χ4n) is 1.88. The van der Waals surface area contributed by atoms with Crippen LogP contribution in [0.15, 0.2) is 42.5 Å². The first-order chi connectivity index (χ1) is 9.47. The molecule has 4 N–H and O–H groups in total. The van der Waals surface area contributed by atoms with Gasteiger partial charge in [0.15, 0.2) is 0 Å². The molecule has 2 heterocycles. The zero-order valence-electron chi connectivity index (χ0n) is 9.98. The molecule has 2 aromatic rings. The number of benzene rings is 1. The highest BCUT2D eigenvalue weighted by Crippen LogP contribution is 2.34. The summed E-state index contributed by atoms with van der Waals surface area (Å²) in [7, 11) is -3.92. The summed E-state index contributed by atoms with van der Waals surface area (Å²) in [4.78, 5) is 0. The molecule has 0 spiro atoms. The van der Waals surface area contributed by atoms with Crippen LogP contribution in [0.2, 0.25) is 0 Å². The number of rotatable bonds is 2. The molecule has 0 bridgehead atoms. The van der Waals surface area contributed by atoms with Gasteiger partial charge < -0.3 is 10.2 Å². The molecular formula is C11H10N4O4S. The summed E-state index contributed by atoms with van der Waals surface area (Å²) >= 11 is 0. The predicted octanol–water partition coefficient (Wildman–Crippen LogP) is 0.794. The van der Waals surface area contributed by atoms with E-state index in [2.05, 4.69) is 10.2 Å². The molecule has 0 unspecified atom stereocenters. The van der Waals surface area contributed by atoms with E-state index >= 15 is 0 Å². The van der Waals surface area contributed by atoms with Crippen molar-refractivity contribution >= 4 is 15.9 Å². The highest BCUT2D eigenvalue weighted by atomic mass is 32.2. The third-order valence-electron chi connectivity index (χ3n) is 2.76. The number of aromatic hydroxyl groups is 1. The first-order valence-electron chi connectivity index (χ1n) is 5.53. The molecule has 1 aliphatic rings. The first kappa shape index (κ1) is 12.4. The largest absolute Gasteiger partial charge is 0.506 e. The average molecular weight is 294 g/mol. The van der Waals surface area contributed by atoms with Crippen LogP contribution < -0.4 is 9.03 Å². The minimum atomic E-state index is -3.92. The Hall–Kier alpha value is -2.68. The average Bonchev–Trinajstić information content (AvgIpc) is 2.97. The maximum Gasteiger partial charge on any atom is 0.330 e. The van der Waals surface area contributed by atoms with Crippen LogP contribution in [-0.2, 0) is 10.2 Å². The maximum absolute atomic E-state index is 11.7. The van der Waals surface area contributed by atoms with Gasteiger partial charge in [-0.1, -0.05) is 6.07 Å². The Morgan fingerprint density at radius 2 is 2.00 bits per heavy atom. The van der Waals surface area contributed by atoms with Gasteiger partial charge in [-0.3, -0.25) is 5.10 Å². The summed E-state index contributed by atoms with van der Waals surface area (Å²) in [5.74, 6) is -0.754. The number of aromatic amines is 1. The number of aliphatic hydroxyl groups excluding tert-OH is 1. The molecule has 1 aromatic carbocycles. The third kappa shape index (κ3) is 1.93. The number of phenolic OH excluding ortho intramolecular Hbond substituents is 1. The number of hydrogen-bond acceptors (Lipinski definition) is 5. The summed E-state index contributed by atoms with van der Waals surface area (Å²) in [6.07, 6.45) is 2.54. The van der Waals surface area contributed by atoms with E-state index in [0.29, 0.717) is 11.3 Å². The van der Waals surface area contributed by atoms with E-state index in [1.54, 1.807) is 18.3 Å². The van der Waals surface area contributed by atoms with Crippen molar-refractivity contribution < 1.29 is 18.6 Å². The second-order valence-electron chi connectivity index (χ2n) is 4.09. The van der Waals surface area contributed by atoms with Gasteiger partial charge in [0.1, 0.15) is 11.4 Å². The standard InChI is InChI=1S/C11H10N4O4S/c16-10-5-7(8-3-4-12-13-8)1-2-9(10)15-6-11(17)14-20(15,18)19/h1-6,14,16-17H,(H,12,13). The van der Waals surface area contributed by atoms with Crippen molar-refractivity contribution in [3.8, 4) is 17.0 Å². The van der Waals surface area contributed by atoms with Crippen LogP contribution in [0.1, 0.15) is 0 Å². The molecular weight excluding hydrogens is 284 g/mol.